The molecule has 2 nitrogen and oxygen atoms in total. The summed E-state index contributed by atoms with van der Waals surface area (Å²) in [4.78, 5) is 0. The van der Waals surface area contributed by atoms with Crippen molar-refractivity contribution >= 4 is 15.9 Å². The Balaban J connectivity index is 3.05. The number of hydrogen-bond donors (Lipinski definition) is 1. The first-order chi connectivity index (χ1) is 6.19. The third-order valence-corrected chi connectivity index (χ3v) is 2.25. The summed E-state index contributed by atoms with van der Waals surface area (Å²) < 4.78 is 18.3. The van der Waals surface area contributed by atoms with E-state index < -0.39 is 12.7 Å². The van der Waals surface area contributed by atoms with Gasteiger partial charge < -0.3 is 10.5 Å². The molecule has 0 radical (unpaired) electrons. The highest BCUT2D eigenvalue weighted by atomic mass is 79.9. The van der Waals surface area contributed by atoms with Gasteiger partial charge in [0.25, 0.3) is 0 Å². The largest absolute Gasteiger partial charge is 0.496 e. The van der Waals surface area contributed by atoms with Crippen LogP contribution in [-0.4, -0.2) is 13.8 Å². The molecule has 1 aromatic carbocycles. The fraction of sp³-hybridized carbons (Fsp3) is 0.333. The molecule has 1 atom stereocenters. The first kappa shape index (κ1) is 10.5. The van der Waals surface area contributed by atoms with Gasteiger partial charge >= 0.3 is 0 Å². The van der Waals surface area contributed by atoms with Crippen LogP contribution in [0.4, 0.5) is 4.39 Å². The second kappa shape index (κ2) is 4.58. The van der Waals surface area contributed by atoms with E-state index in [1.54, 1.807) is 12.1 Å². The Morgan fingerprint density at radius 3 is 2.85 bits per heavy atom. The Hall–Kier alpha value is -0.610. The van der Waals surface area contributed by atoms with Crippen molar-refractivity contribution in [1.29, 1.82) is 0 Å². The SMILES string of the molecule is COc1cc(Br)ccc1[C@@H](N)CF. The van der Waals surface area contributed by atoms with E-state index in [9.17, 15) is 4.39 Å². The van der Waals surface area contributed by atoms with Gasteiger partial charge in [-0.15, -0.1) is 0 Å². The van der Waals surface area contributed by atoms with E-state index in [0.29, 0.717) is 11.3 Å². The third-order valence-electron chi connectivity index (χ3n) is 1.76. The van der Waals surface area contributed by atoms with E-state index in [1.165, 1.54) is 7.11 Å². The molecule has 0 aliphatic carbocycles. The van der Waals surface area contributed by atoms with Crippen LogP contribution in [0.3, 0.4) is 0 Å². The van der Waals surface area contributed by atoms with E-state index in [4.69, 9.17) is 10.5 Å². The normalized spacial score (nSPS) is 12.6. The molecule has 0 fully saturated rings. The summed E-state index contributed by atoms with van der Waals surface area (Å²) in [6.45, 7) is -0.585. The average Bonchev–Trinajstić information content (AvgIpc) is 2.16. The van der Waals surface area contributed by atoms with E-state index in [-0.39, 0.29) is 0 Å². The Labute approximate surface area is 85.0 Å². The number of rotatable bonds is 3. The molecule has 0 saturated heterocycles. The van der Waals surface area contributed by atoms with Crippen LogP contribution in [0.2, 0.25) is 0 Å². The zero-order valence-corrected chi connectivity index (χ0v) is 8.84. The van der Waals surface area contributed by atoms with Crippen molar-refractivity contribution in [2.45, 2.75) is 6.04 Å². The number of alkyl halides is 1. The Morgan fingerprint density at radius 1 is 1.62 bits per heavy atom. The third kappa shape index (κ3) is 2.42. The van der Waals surface area contributed by atoms with E-state index in [2.05, 4.69) is 15.9 Å². The van der Waals surface area contributed by atoms with Crippen LogP contribution in [0.25, 0.3) is 0 Å². The number of halogens is 2. The van der Waals surface area contributed by atoms with Gasteiger partial charge in [-0.3, -0.25) is 0 Å². The molecule has 0 aliphatic rings. The minimum Gasteiger partial charge on any atom is -0.496 e. The van der Waals surface area contributed by atoms with Gasteiger partial charge in [-0.2, -0.15) is 0 Å². The number of nitrogens with two attached hydrogens (primary N) is 1. The lowest BCUT2D eigenvalue weighted by atomic mass is 10.1. The van der Waals surface area contributed by atoms with Crippen molar-refractivity contribution in [2.75, 3.05) is 13.8 Å². The number of methoxy groups -OCH3 is 1. The number of ether oxygens (including phenoxy) is 1. The van der Waals surface area contributed by atoms with Gasteiger partial charge in [0.05, 0.1) is 13.2 Å². The van der Waals surface area contributed by atoms with E-state index >= 15 is 0 Å². The van der Waals surface area contributed by atoms with Gasteiger partial charge in [0.2, 0.25) is 0 Å². The van der Waals surface area contributed by atoms with E-state index in [0.717, 1.165) is 4.47 Å². The molecule has 0 heterocycles. The lowest BCUT2D eigenvalue weighted by molar-refractivity contribution is 0.389. The first-order valence-corrected chi connectivity index (χ1v) is 4.63. The average molecular weight is 248 g/mol. The minimum absolute atomic E-state index is 0.585. The summed E-state index contributed by atoms with van der Waals surface area (Å²) in [7, 11) is 1.54. The molecule has 0 spiro atoms. The predicted octanol–water partition coefficient (Wildman–Crippen LogP) is 2.43. The summed E-state index contributed by atoms with van der Waals surface area (Å²) in [6, 6.07) is 4.73. The molecule has 0 aromatic heterocycles. The summed E-state index contributed by atoms with van der Waals surface area (Å²) in [5.41, 5.74) is 6.24. The van der Waals surface area contributed by atoms with Crippen LogP contribution in [-0.2, 0) is 0 Å². The van der Waals surface area contributed by atoms with Gasteiger partial charge in [-0.25, -0.2) is 4.39 Å². The standard InChI is InChI=1S/C9H11BrFNO/c1-13-9-4-6(10)2-3-7(9)8(12)5-11/h2-4,8H,5,12H2,1H3/t8-/m0/s1. The maximum atomic E-state index is 12.3. The fourth-order valence-corrected chi connectivity index (χ4v) is 1.41. The highest BCUT2D eigenvalue weighted by molar-refractivity contribution is 9.10. The van der Waals surface area contributed by atoms with Crippen molar-refractivity contribution in [3.05, 3.63) is 28.2 Å². The molecule has 72 valence electrons. The molecule has 1 aromatic rings. The first-order valence-electron chi connectivity index (χ1n) is 3.84. The molecule has 0 bridgehead atoms. The summed E-state index contributed by atoms with van der Waals surface area (Å²) in [6.07, 6.45) is 0. The van der Waals surface area contributed by atoms with Gasteiger partial charge in [0.1, 0.15) is 12.4 Å². The molecular formula is C9H11BrFNO. The van der Waals surface area contributed by atoms with Crippen LogP contribution in [0.5, 0.6) is 5.75 Å². The zero-order chi connectivity index (χ0) is 9.84. The summed E-state index contributed by atoms with van der Waals surface area (Å²) >= 11 is 3.29. The van der Waals surface area contributed by atoms with Crippen molar-refractivity contribution in [2.24, 2.45) is 5.73 Å². The Morgan fingerprint density at radius 2 is 2.31 bits per heavy atom. The predicted molar refractivity (Wildman–Crippen MR) is 53.6 cm³/mol. The lowest BCUT2D eigenvalue weighted by Gasteiger charge is -2.12. The highest BCUT2D eigenvalue weighted by Crippen LogP contribution is 2.27. The molecule has 2 N–H and O–H groups in total. The minimum atomic E-state index is -0.608. The molecular weight excluding hydrogens is 237 g/mol. The number of hydrogen-bond acceptors (Lipinski definition) is 2. The maximum Gasteiger partial charge on any atom is 0.124 e. The Bertz CT molecular complexity index is 293. The lowest BCUT2D eigenvalue weighted by Crippen LogP contribution is -2.13. The smallest absolute Gasteiger partial charge is 0.124 e. The highest BCUT2D eigenvalue weighted by Gasteiger charge is 2.11. The Kier molecular flexibility index (Phi) is 3.69. The van der Waals surface area contributed by atoms with Gasteiger partial charge in [0, 0.05) is 10.0 Å². The molecule has 0 amide bonds. The zero-order valence-electron chi connectivity index (χ0n) is 7.26. The van der Waals surface area contributed by atoms with Gasteiger partial charge in [-0.05, 0) is 12.1 Å². The van der Waals surface area contributed by atoms with Crippen LogP contribution in [0, 0.1) is 0 Å². The molecule has 13 heavy (non-hydrogen) atoms. The molecule has 0 saturated carbocycles. The summed E-state index contributed by atoms with van der Waals surface area (Å²) in [5.74, 6) is 0.611. The molecule has 0 unspecified atom stereocenters. The quantitative estimate of drug-likeness (QED) is 0.891. The topological polar surface area (TPSA) is 35.2 Å². The number of benzene rings is 1. The van der Waals surface area contributed by atoms with Crippen LogP contribution in [0.1, 0.15) is 11.6 Å². The fourth-order valence-electron chi connectivity index (χ4n) is 1.07. The second-order valence-corrected chi connectivity index (χ2v) is 3.56. The van der Waals surface area contributed by atoms with Crippen molar-refractivity contribution < 1.29 is 9.13 Å². The van der Waals surface area contributed by atoms with Crippen LogP contribution >= 0.6 is 15.9 Å². The van der Waals surface area contributed by atoms with Crippen molar-refractivity contribution in [3.63, 3.8) is 0 Å². The van der Waals surface area contributed by atoms with Crippen LogP contribution in [0.15, 0.2) is 22.7 Å². The summed E-state index contributed by atoms with van der Waals surface area (Å²) in [5, 5.41) is 0. The molecule has 0 aliphatic heterocycles. The van der Waals surface area contributed by atoms with Gasteiger partial charge in [-0.1, -0.05) is 22.0 Å². The van der Waals surface area contributed by atoms with Crippen LogP contribution < -0.4 is 10.5 Å². The van der Waals surface area contributed by atoms with Crippen molar-refractivity contribution in [1.82, 2.24) is 0 Å². The van der Waals surface area contributed by atoms with Gasteiger partial charge in [0.15, 0.2) is 0 Å². The maximum absolute atomic E-state index is 12.3. The molecule has 4 heteroatoms. The van der Waals surface area contributed by atoms with E-state index in [1.807, 2.05) is 6.07 Å². The molecule has 1 rings (SSSR count). The van der Waals surface area contributed by atoms with Crippen molar-refractivity contribution in [3.8, 4) is 5.75 Å². The second-order valence-electron chi connectivity index (χ2n) is 2.65. The monoisotopic (exact) mass is 247 g/mol.